The van der Waals surface area contributed by atoms with Gasteiger partial charge in [-0.1, -0.05) is 0 Å². The standard InChI is InChI=1S/C11H18N2O2/c1-2-12-5-6-13(11(12)14)9-10-3-7-15-8-4-10/h5-6,10H,2-4,7-9H2,1H3. The first-order valence-corrected chi connectivity index (χ1v) is 5.64. The summed E-state index contributed by atoms with van der Waals surface area (Å²) in [4.78, 5) is 11.8. The van der Waals surface area contributed by atoms with Crippen LogP contribution in [0, 0.1) is 5.92 Å². The van der Waals surface area contributed by atoms with Gasteiger partial charge in [-0.05, 0) is 25.7 Å². The lowest BCUT2D eigenvalue weighted by molar-refractivity contribution is 0.0609. The lowest BCUT2D eigenvalue weighted by Crippen LogP contribution is -2.28. The molecule has 4 nitrogen and oxygen atoms in total. The van der Waals surface area contributed by atoms with Crippen molar-refractivity contribution in [2.24, 2.45) is 5.92 Å². The molecule has 2 rings (SSSR count). The predicted octanol–water partition coefficient (Wildman–Crippen LogP) is 1.10. The number of hydrogen-bond acceptors (Lipinski definition) is 2. The highest BCUT2D eigenvalue weighted by Crippen LogP contribution is 2.15. The van der Waals surface area contributed by atoms with Gasteiger partial charge in [0.15, 0.2) is 0 Å². The molecule has 0 spiro atoms. The van der Waals surface area contributed by atoms with E-state index < -0.39 is 0 Å². The van der Waals surface area contributed by atoms with E-state index in [4.69, 9.17) is 4.74 Å². The Morgan fingerprint density at radius 3 is 2.60 bits per heavy atom. The minimum atomic E-state index is 0.115. The maximum atomic E-state index is 11.8. The Kier molecular flexibility index (Phi) is 3.26. The molecule has 0 bridgehead atoms. The van der Waals surface area contributed by atoms with E-state index in [9.17, 15) is 4.79 Å². The predicted molar refractivity (Wildman–Crippen MR) is 57.9 cm³/mol. The monoisotopic (exact) mass is 210 g/mol. The van der Waals surface area contributed by atoms with Crippen LogP contribution in [0.3, 0.4) is 0 Å². The van der Waals surface area contributed by atoms with Crippen molar-refractivity contribution in [1.29, 1.82) is 0 Å². The topological polar surface area (TPSA) is 36.2 Å². The van der Waals surface area contributed by atoms with E-state index >= 15 is 0 Å². The van der Waals surface area contributed by atoms with E-state index in [0.29, 0.717) is 5.92 Å². The summed E-state index contributed by atoms with van der Waals surface area (Å²) in [6, 6.07) is 0. The second kappa shape index (κ2) is 4.66. The summed E-state index contributed by atoms with van der Waals surface area (Å²) in [6.45, 7) is 5.26. The zero-order chi connectivity index (χ0) is 10.7. The fourth-order valence-corrected chi connectivity index (χ4v) is 2.04. The highest BCUT2D eigenvalue weighted by molar-refractivity contribution is 4.82. The normalized spacial score (nSPS) is 18.2. The summed E-state index contributed by atoms with van der Waals surface area (Å²) >= 11 is 0. The molecule has 15 heavy (non-hydrogen) atoms. The Balaban J connectivity index is 2.03. The molecule has 1 aromatic rings. The van der Waals surface area contributed by atoms with E-state index in [1.54, 1.807) is 4.57 Å². The number of aryl methyl sites for hydroxylation is 1. The molecule has 0 radical (unpaired) electrons. The maximum Gasteiger partial charge on any atom is 0.328 e. The number of nitrogens with zero attached hydrogens (tertiary/aromatic N) is 2. The van der Waals surface area contributed by atoms with Gasteiger partial charge in [-0.2, -0.15) is 0 Å². The highest BCUT2D eigenvalue weighted by atomic mass is 16.5. The van der Waals surface area contributed by atoms with Crippen LogP contribution in [0.4, 0.5) is 0 Å². The Morgan fingerprint density at radius 1 is 1.33 bits per heavy atom. The first-order valence-electron chi connectivity index (χ1n) is 5.64. The number of aromatic nitrogens is 2. The van der Waals surface area contributed by atoms with Crippen molar-refractivity contribution >= 4 is 0 Å². The fraction of sp³-hybridized carbons (Fsp3) is 0.727. The second-order valence-electron chi connectivity index (χ2n) is 4.07. The number of rotatable bonds is 3. The molecule has 2 heterocycles. The third-order valence-electron chi connectivity index (χ3n) is 3.05. The molecule has 4 heteroatoms. The average Bonchev–Trinajstić information content (AvgIpc) is 2.62. The van der Waals surface area contributed by atoms with E-state index in [1.165, 1.54) is 0 Å². The van der Waals surface area contributed by atoms with Crippen LogP contribution in [-0.2, 0) is 17.8 Å². The summed E-state index contributed by atoms with van der Waals surface area (Å²) < 4.78 is 8.86. The van der Waals surface area contributed by atoms with Crippen LogP contribution >= 0.6 is 0 Å². The Morgan fingerprint density at radius 2 is 2.00 bits per heavy atom. The lowest BCUT2D eigenvalue weighted by atomic mass is 10.0. The molecule has 0 unspecified atom stereocenters. The van der Waals surface area contributed by atoms with Crippen LogP contribution < -0.4 is 5.69 Å². The molecular weight excluding hydrogens is 192 g/mol. The van der Waals surface area contributed by atoms with E-state index in [-0.39, 0.29) is 5.69 Å². The highest BCUT2D eigenvalue weighted by Gasteiger charge is 2.15. The van der Waals surface area contributed by atoms with Crippen LogP contribution in [0.5, 0.6) is 0 Å². The first-order chi connectivity index (χ1) is 7.31. The molecule has 0 aliphatic carbocycles. The molecular formula is C11H18N2O2. The number of hydrogen-bond donors (Lipinski definition) is 0. The summed E-state index contributed by atoms with van der Waals surface area (Å²) in [5.74, 6) is 0.601. The van der Waals surface area contributed by atoms with Crippen molar-refractivity contribution in [3.63, 3.8) is 0 Å². The SMILES string of the molecule is CCn1ccn(CC2CCOCC2)c1=O. The number of ether oxygens (including phenoxy) is 1. The van der Waals surface area contributed by atoms with Crippen molar-refractivity contribution in [3.8, 4) is 0 Å². The molecule has 0 atom stereocenters. The Labute approximate surface area is 89.5 Å². The zero-order valence-electron chi connectivity index (χ0n) is 9.19. The van der Waals surface area contributed by atoms with Crippen LogP contribution in [0.15, 0.2) is 17.2 Å². The van der Waals surface area contributed by atoms with Crippen molar-refractivity contribution in [2.75, 3.05) is 13.2 Å². The average molecular weight is 210 g/mol. The molecule has 1 saturated heterocycles. The molecule has 0 saturated carbocycles. The Bertz CT molecular complexity index is 361. The summed E-state index contributed by atoms with van der Waals surface area (Å²) in [6.07, 6.45) is 5.90. The molecule has 1 fully saturated rings. The first kappa shape index (κ1) is 10.5. The van der Waals surface area contributed by atoms with Crippen molar-refractivity contribution in [3.05, 3.63) is 22.9 Å². The molecule has 1 aromatic heterocycles. The van der Waals surface area contributed by atoms with E-state index in [2.05, 4.69) is 0 Å². The minimum absolute atomic E-state index is 0.115. The molecule has 84 valence electrons. The quantitative estimate of drug-likeness (QED) is 0.749. The molecule has 0 N–H and O–H groups in total. The van der Waals surface area contributed by atoms with Gasteiger partial charge in [0.05, 0.1) is 0 Å². The van der Waals surface area contributed by atoms with Crippen molar-refractivity contribution in [1.82, 2.24) is 9.13 Å². The van der Waals surface area contributed by atoms with Crippen LogP contribution in [0.2, 0.25) is 0 Å². The van der Waals surface area contributed by atoms with Gasteiger partial charge in [-0.15, -0.1) is 0 Å². The third-order valence-corrected chi connectivity index (χ3v) is 3.05. The second-order valence-corrected chi connectivity index (χ2v) is 4.07. The molecule has 0 aromatic carbocycles. The molecule has 0 amide bonds. The molecule has 1 aliphatic rings. The van der Waals surface area contributed by atoms with Gasteiger partial charge in [0.1, 0.15) is 0 Å². The lowest BCUT2D eigenvalue weighted by Gasteiger charge is -2.21. The maximum absolute atomic E-state index is 11.8. The van der Waals surface area contributed by atoms with Gasteiger partial charge in [0.25, 0.3) is 0 Å². The number of imidazole rings is 1. The van der Waals surface area contributed by atoms with Crippen LogP contribution in [0.1, 0.15) is 19.8 Å². The van der Waals surface area contributed by atoms with Gasteiger partial charge in [-0.3, -0.25) is 9.13 Å². The van der Waals surface area contributed by atoms with Gasteiger partial charge >= 0.3 is 5.69 Å². The Hall–Kier alpha value is -1.03. The van der Waals surface area contributed by atoms with Gasteiger partial charge in [0, 0.05) is 38.7 Å². The van der Waals surface area contributed by atoms with Gasteiger partial charge in [-0.25, -0.2) is 4.79 Å². The fourth-order valence-electron chi connectivity index (χ4n) is 2.04. The zero-order valence-corrected chi connectivity index (χ0v) is 9.19. The van der Waals surface area contributed by atoms with Crippen molar-refractivity contribution < 1.29 is 4.74 Å². The van der Waals surface area contributed by atoms with Crippen LogP contribution in [-0.4, -0.2) is 22.3 Å². The van der Waals surface area contributed by atoms with E-state index in [0.717, 1.165) is 39.1 Å². The van der Waals surface area contributed by atoms with Crippen molar-refractivity contribution in [2.45, 2.75) is 32.9 Å². The largest absolute Gasteiger partial charge is 0.381 e. The summed E-state index contributed by atoms with van der Waals surface area (Å²) in [5.41, 5.74) is 0.115. The van der Waals surface area contributed by atoms with E-state index in [1.807, 2.05) is 23.9 Å². The van der Waals surface area contributed by atoms with Gasteiger partial charge in [0.2, 0.25) is 0 Å². The minimum Gasteiger partial charge on any atom is -0.381 e. The van der Waals surface area contributed by atoms with Crippen LogP contribution in [0.25, 0.3) is 0 Å². The van der Waals surface area contributed by atoms with Gasteiger partial charge < -0.3 is 4.74 Å². The third kappa shape index (κ3) is 2.31. The summed E-state index contributed by atoms with van der Waals surface area (Å²) in [5, 5.41) is 0. The molecule has 1 aliphatic heterocycles. The smallest absolute Gasteiger partial charge is 0.328 e. The summed E-state index contributed by atoms with van der Waals surface area (Å²) in [7, 11) is 0.